The Morgan fingerprint density at radius 2 is 1.89 bits per heavy atom. The summed E-state index contributed by atoms with van der Waals surface area (Å²) in [5.41, 5.74) is 2.22. The van der Waals surface area contributed by atoms with Crippen LogP contribution in [0, 0.1) is 11.8 Å². The molecule has 1 aromatic heterocycles. The number of nitrogens with one attached hydrogen (secondary N) is 1. The van der Waals surface area contributed by atoms with Crippen LogP contribution in [0.25, 0.3) is 0 Å². The molecule has 0 fully saturated rings. The van der Waals surface area contributed by atoms with Crippen molar-refractivity contribution in [3.63, 3.8) is 0 Å². The summed E-state index contributed by atoms with van der Waals surface area (Å²) in [5.74, 6) is 1.27. The lowest BCUT2D eigenvalue weighted by molar-refractivity contribution is 0.460. The minimum absolute atomic E-state index is 0.572. The van der Waals surface area contributed by atoms with E-state index < -0.39 is 0 Å². The van der Waals surface area contributed by atoms with Gasteiger partial charge in [-0.05, 0) is 44.7 Å². The van der Waals surface area contributed by atoms with E-state index in [0.717, 1.165) is 43.2 Å². The minimum atomic E-state index is 0.572. The third-order valence-electron chi connectivity index (χ3n) is 3.28. The molecule has 0 bridgehead atoms. The summed E-state index contributed by atoms with van der Waals surface area (Å²) in [4.78, 5) is 0. The monoisotopic (exact) mass is 285 g/mol. The van der Waals surface area contributed by atoms with Crippen LogP contribution in [-0.2, 0) is 19.4 Å². The van der Waals surface area contributed by atoms with Crippen LogP contribution < -0.4 is 5.32 Å². The smallest absolute Gasteiger partial charge is 0.0849 e. The van der Waals surface area contributed by atoms with E-state index >= 15 is 0 Å². The van der Waals surface area contributed by atoms with Gasteiger partial charge in [-0.1, -0.05) is 39.3 Å². The second kappa shape index (κ2) is 7.91. The molecule has 0 radical (unpaired) electrons. The molecular formula is C15H28ClN3. The van der Waals surface area contributed by atoms with Gasteiger partial charge in [0.05, 0.1) is 16.4 Å². The summed E-state index contributed by atoms with van der Waals surface area (Å²) in [7, 11) is 0. The molecule has 0 saturated heterocycles. The second-order valence-corrected chi connectivity index (χ2v) is 6.12. The fraction of sp³-hybridized carbons (Fsp3) is 0.800. The Kier molecular flexibility index (Phi) is 6.87. The third kappa shape index (κ3) is 4.81. The van der Waals surface area contributed by atoms with E-state index in [9.17, 15) is 0 Å². The van der Waals surface area contributed by atoms with Crippen LogP contribution in [0.3, 0.4) is 0 Å². The van der Waals surface area contributed by atoms with Gasteiger partial charge >= 0.3 is 0 Å². The first-order chi connectivity index (χ1) is 8.99. The molecule has 1 heterocycles. The van der Waals surface area contributed by atoms with Gasteiger partial charge in [-0.3, -0.25) is 4.68 Å². The van der Waals surface area contributed by atoms with Crippen molar-refractivity contribution in [1.82, 2.24) is 15.1 Å². The molecular weight excluding hydrogens is 258 g/mol. The van der Waals surface area contributed by atoms with Crippen LogP contribution in [0.4, 0.5) is 0 Å². The molecule has 110 valence electrons. The number of hydrogen-bond donors (Lipinski definition) is 1. The number of halogens is 1. The van der Waals surface area contributed by atoms with Crippen molar-refractivity contribution in [1.29, 1.82) is 0 Å². The summed E-state index contributed by atoms with van der Waals surface area (Å²) in [6, 6.07) is 0. The molecule has 1 aromatic rings. The van der Waals surface area contributed by atoms with E-state index in [-0.39, 0.29) is 0 Å². The van der Waals surface area contributed by atoms with Crippen molar-refractivity contribution in [2.45, 2.75) is 54.0 Å². The summed E-state index contributed by atoms with van der Waals surface area (Å²) in [6.45, 7) is 13.9. The van der Waals surface area contributed by atoms with Gasteiger partial charge in [0.15, 0.2) is 0 Å². The lowest BCUT2D eigenvalue weighted by Crippen LogP contribution is -2.26. The Hall–Kier alpha value is -0.540. The summed E-state index contributed by atoms with van der Waals surface area (Å²) in [5, 5.41) is 8.96. The van der Waals surface area contributed by atoms with Crippen LogP contribution in [0.5, 0.6) is 0 Å². The number of hydrogen-bond acceptors (Lipinski definition) is 2. The average molecular weight is 286 g/mol. The zero-order valence-electron chi connectivity index (χ0n) is 13.0. The molecule has 0 spiro atoms. The van der Waals surface area contributed by atoms with Crippen molar-refractivity contribution in [3.8, 4) is 0 Å². The van der Waals surface area contributed by atoms with Crippen molar-refractivity contribution in [2.24, 2.45) is 11.8 Å². The van der Waals surface area contributed by atoms with E-state index in [1.807, 2.05) is 0 Å². The fourth-order valence-corrected chi connectivity index (χ4v) is 2.58. The summed E-state index contributed by atoms with van der Waals surface area (Å²) >= 11 is 6.43. The van der Waals surface area contributed by atoms with E-state index in [1.54, 1.807) is 0 Å². The van der Waals surface area contributed by atoms with Crippen LogP contribution in [0.15, 0.2) is 0 Å². The molecule has 1 unspecified atom stereocenters. The largest absolute Gasteiger partial charge is 0.316 e. The van der Waals surface area contributed by atoms with E-state index in [0.29, 0.717) is 11.8 Å². The van der Waals surface area contributed by atoms with Crippen molar-refractivity contribution >= 4 is 11.6 Å². The highest BCUT2D eigenvalue weighted by Gasteiger charge is 2.16. The molecule has 19 heavy (non-hydrogen) atoms. The van der Waals surface area contributed by atoms with Gasteiger partial charge in [-0.2, -0.15) is 5.10 Å². The molecule has 0 saturated carbocycles. The van der Waals surface area contributed by atoms with Crippen molar-refractivity contribution < 1.29 is 0 Å². The number of aryl methyl sites for hydroxylation is 2. The van der Waals surface area contributed by atoms with E-state index in [2.05, 4.69) is 49.7 Å². The van der Waals surface area contributed by atoms with Gasteiger partial charge in [0.25, 0.3) is 0 Å². The maximum atomic E-state index is 6.43. The number of aromatic nitrogens is 2. The first kappa shape index (κ1) is 16.5. The van der Waals surface area contributed by atoms with Crippen molar-refractivity contribution in [2.75, 3.05) is 13.1 Å². The summed E-state index contributed by atoms with van der Waals surface area (Å²) in [6.07, 6.45) is 1.89. The Bertz CT molecular complexity index is 385. The van der Waals surface area contributed by atoms with Gasteiger partial charge in [0, 0.05) is 6.54 Å². The standard InChI is InChI=1S/C15H28ClN3/c1-6-13-15(16)14(19(7-2)18-13)8-12(5)10-17-9-11(3)4/h11-12,17H,6-10H2,1-5H3. The highest BCUT2D eigenvalue weighted by Crippen LogP contribution is 2.24. The quantitative estimate of drug-likeness (QED) is 0.792. The molecule has 0 aromatic carbocycles. The predicted octanol–water partition coefficient (Wildman–Crippen LogP) is 3.54. The second-order valence-electron chi connectivity index (χ2n) is 5.74. The topological polar surface area (TPSA) is 29.9 Å². The predicted molar refractivity (Wildman–Crippen MR) is 82.9 cm³/mol. The summed E-state index contributed by atoms with van der Waals surface area (Å²) < 4.78 is 2.06. The Morgan fingerprint density at radius 3 is 2.42 bits per heavy atom. The molecule has 3 nitrogen and oxygen atoms in total. The first-order valence-electron chi connectivity index (χ1n) is 7.44. The molecule has 0 aliphatic rings. The highest BCUT2D eigenvalue weighted by molar-refractivity contribution is 6.31. The fourth-order valence-electron chi connectivity index (χ4n) is 2.23. The molecule has 0 amide bonds. The van der Waals surface area contributed by atoms with Gasteiger partial charge < -0.3 is 5.32 Å². The first-order valence-corrected chi connectivity index (χ1v) is 7.82. The van der Waals surface area contributed by atoms with Crippen LogP contribution in [-0.4, -0.2) is 22.9 Å². The lowest BCUT2D eigenvalue weighted by Gasteiger charge is -2.15. The molecule has 1 rings (SSSR count). The van der Waals surface area contributed by atoms with E-state index in [1.165, 1.54) is 5.69 Å². The Morgan fingerprint density at radius 1 is 1.21 bits per heavy atom. The molecule has 4 heteroatoms. The maximum Gasteiger partial charge on any atom is 0.0849 e. The third-order valence-corrected chi connectivity index (χ3v) is 3.72. The zero-order chi connectivity index (χ0) is 14.4. The Balaban J connectivity index is 2.62. The molecule has 1 N–H and O–H groups in total. The van der Waals surface area contributed by atoms with Crippen LogP contribution in [0.2, 0.25) is 5.02 Å². The van der Waals surface area contributed by atoms with Crippen LogP contribution in [0.1, 0.15) is 46.0 Å². The van der Waals surface area contributed by atoms with Gasteiger partial charge in [-0.25, -0.2) is 0 Å². The number of nitrogens with zero attached hydrogens (tertiary/aromatic N) is 2. The molecule has 1 atom stereocenters. The SMILES string of the molecule is CCc1nn(CC)c(CC(C)CNCC(C)C)c1Cl. The van der Waals surface area contributed by atoms with Gasteiger partial charge in [0.1, 0.15) is 0 Å². The molecule has 0 aliphatic carbocycles. The minimum Gasteiger partial charge on any atom is -0.316 e. The van der Waals surface area contributed by atoms with E-state index in [4.69, 9.17) is 11.6 Å². The van der Waals surface area contributed by atoms with Gasteiger partial charge in [0.2, 0.25) is 0 Å². The normalized spacial score (nSPS) is 13.2. The maximum absolute atomic E-state index is 6.43. The zero-order valence-corrected chi connectivity index (χ0v) is 13.7. The Labute approximate surface area is 122 Å². The number of rotatable bonds is 8. The molecule has 0 aliphatic heterocycles. The lowest BCUT2D eigenvalue weighted by atomic mass is 10.0. The average Bonchev–Trinajstić information content (AvgIpc) is 2.66. The van der Waals surface area contributed by atoms with Crippen LogP contribution >= 0.6 is 11.6 Å². The van der Waals surface area contributed by atoms with Crippen molar-refractivity contribution in [3.05, 3.63) is 16.4 Å². The van der Waals surface area contributed by atoms with Gasteiger partial charge in [-0.15, -0.1) is 0 Å². The highest BCUT2D eigenvalue weighted by atomic mass is 35.5.